The molecule has 0 spiro atoms. The molecule has 1 saturated carbocycles. The van der Waals surface area contributed by atoms with E-state index in [0.717, 1.165) is 47.5 Å². The first-order valence-electron chi connectivity index (χ1n) is 15.4. The molecule has 1 heterocycles. The summed E-state index contributed by atoms with van der Waals surface area (Å²) >= 11 is 0. The fourth-order valence-electron chi connectivity index (χ4n) is 5.83. The second-order valence-corrected chi connectivity index (χ2v) is 13.5. The van der Waals surface area contributed by atoms with E-state index in [4.69, 9.17) is 14.2 Å². The molecule has 1 N–H and O–H groups in total. The van der Waals surface area contributed by atoms with Gasteiger partial charge in [0, 0.05) is 25.1 Å². The third-order valence-electron chi connectivity index (χ3n) is 8.33. The number of rotatable bonds is 13. The van der Waals surface area contributed by atoms with Crippen molar-refractivity contribution in [2.45, 2.75) is 64.1 Å². The average molecular weight is 636 g/mol. The topological polar surface area (TPSA) is 114 Å². The van der Waals surface area contributed by atoms with Crippen LogP contribution in [0.25, 0.3) is 0 Å². The fraction of sp³-hybridized carbons (Fsp3) is 0.412. The van der Waals surface area contributed by atoms with Crippen LogP contribution in [0.1, 0.15) is 50.2 Å². The van der Waals surface area contributed by atoms with Crippen molar-refractivity contribution in [3.63, 3.8) is 0 Å². The minimum absolute atomic E-state index is 0.0314. The van der Waals surface area contributed by atoms with Gasteiger partial charge in [0.1, 0.15) is 18.3 Å². The van der Waals surface area contributed by atoms with Gasteiger partial charge in [-0.2, -0.15) is 0 Å². The standard InChI is InChI=1S/C34H41N3O7S/c1-3-45(40,41)37(28-17-18-31-32(21-28)44-24-43-31)23-33(38)36(22-26-13-10-16-29(19-26)42-2)30(20-25-11-6-4-7-12-25)34(39)35-27-14-8-5-9-15-27/h4,6-7,10-13,16-19,21,27,30H,3,5,8-9,14-15,20,22-24H2,1-2H3,(H,35,39)/t30-/m0/s1. The van der Waals surface area contributed by atoms with Gasteiger partial charge in [-0.25, -0.2) is 8.42 Å². The number of hydrogen-bond acceptors (Lipinski definition) is 7. The molecule has 240 valence electrons. The summed E-state index contributed by atoms with van der Waals surface area (Å²) in [5.41, 5.74) is 1.92. The number of anilines is 1. The molecule has 3 aromatic carbocycles. The highest BCUT2D eigenvalue weighted by molar-refractivity contribution is 7.92. The molecule has 0 aromatic heterocycles. The molecule has 1 atom stereocenters. The van der Waals surface area contributed by atoms with Gasteiger partial charge in [0.2, 0.25) is 28.6 Å². The highest BCUT2D eigenvalue weighted by Crippen LogP contribution is 2.36. The van der Waals surface area contributed by atoms with Crippen molar-refractivity contribution in [1.29, 1.82) is 0 Å². The van der Waals surface area contributed by atoms with Crippen LogP contribution in [-0.2, 0) is 32.6 Å². The largest absolute Gasteiger partial charge is 0.497 e. The van der Waals surface area contributed by atoms with Crippen LogP contribution in [-0.4, -0.2) is 63.4 Å². The number of fused-ring (bicyclic) bond motifs is 1. The summed E-state index contributed by atoms with van der Waals surface area (Å²) in [6.07, 6.45) is 5.27. The van der Waals surface area contributed by atoms with Crippen LogP contribution in [0, 0.1) is 0 Å². The zero-order valence-corrected chi connectivity index (χ0v) is 26.6. The predicted molar refractivity (Wildman–Crippen MR) is 172 cm³/mol. The Balaban J connectivity index is 1.52. The molecule has 1 aliphatic carbocycles. The second-order valence-electron chi connectivity index (χ2n) is 11.4. The summed E-state index contributed by atoms with van der Waals surface area (Å²) in [6.45, 7) is 1.14. The number of nitrogens with zero attached hydrogens (tertiary/aromatic N) is 2. The van der Waals surface area contributed by atoms with Gasteiger partial charge in [-0.1, -0.05) is 61.7 Å². The number of nitrogens with one attached hydrogen (secondary N) is 1. The highest BCUT2D eigenvalue weighted by atomic mass is 32.2. The Bertz CT molecular complexity index is 1580. The van der Waals surface area contributed by atoms with E-state index >= 15 is 0 Å². The van der Waals surface area contributed by atoms with Gasteiger partial charge in [-0.15, -0.1) is 0 Å². The van der Waals surface area contributed by atoms with Gasteiger partial charge >= 0.3 is 0 Å². The summed E-state index contributed by atoms with van der Waals surface area (Å²) in [5.74, 6) is 0.531. The van der Waals surface area contributed by atoms with Gasteiger partial charge in [0.05, 0.1) is 18.6 Å². The molecule has 0 unspecified atom stereocenters. The zero-order chi connectivity index (χ0) is 31.8. The van der Waals surface area contributed by atoms with Crippen molar-refractivity contribution in [3.8, 4) is 17.2 Å². The number of sulfonamides is 1. The van der Waals surface area contributed by atoms with Crippen molar-refractivity contribution in [3.05, 3.63) is 83.9 Å². The van der Waals surface area contributed by atoms with Gasteiger partial charge in [-0.05, 0) is 55.2 Å². The Morgan fingerprint density at radius 1 is 0.933 bits per heavy atom. The molecule has 2 amide bonds. The smallest absolute Gasteiger partial charge is 0.244 e. The summed E-state index contributed by atoms with van der Waals surface area (Å²) in [5, 5.41) is 3.22. The van der Waals surface area contributed by atoms with E-state index in [1.54, 1.807) is 25.3 Å². The van der Waals surface area contributed by atoms with E-state index in [1.165, 1.54) is 11.8 Å². The summed E-state index contributed by atoms with van der Waals surface area (Å²) in [6, 6.07) is 20.8. The Hall–Kier alpha value is -4.25. The lowest BCUT2D eigenvalue weighted by atomic mass is 9.94. The molecule has 3 aromatic rings. The molecule has 2 aliphatic rings. The van der Waals surface area contributed by atoms with Crippen LogP contribution in [0.5, 0.6) is 17.2 Å². The first-order valence-corrected chi connectivity index (χ1v) is 17.0. The van der Waals surface area contributed by atoms with Crippen LogP contribution in [0.3, 0.4) is 0 Å². The lowest BCUT2D eigenvalue weighted by Gasteiger charge is -2.35. The van der Waals surface area contributed by atoms with Crippen LogP contribution < -0.4 is 23.8 Å². The number of hydrogen-bond donors (Lipinski definition) is 1. The number of methoxy groups -OCH3 is 1. The SMILES string of the molecule is CCS(=O)(=O)N(CC(=O)N(Cc1cccc(OC)c1)[C@@H](Cc1ccccc1)C(=O)NC1CCCCC1)c1ccc2c(c1)OCO2. The molecule has 10 nitrogen and oxygen atoms in total. The van der Waals surface area contributed by atoms with Crippen molar-refractivity contribution in [1.82, 2.24) is 10.2 Å². The molecule has 45 heavy (non-hydrogen) atoms. The molecule has 11 heteroatoms. The van der Waals surface area contributed by atoms with E-state index in [-0.39, 0.29) is 43.1 Å². The Labute approximate surface area is 265 Å². The molecule has 1 aliphatic heterocycles. The Kier molecular flexibility index (Phi) is 10.5. The summed E-state index contributed by atoms with van der Waals surface area (Å²) < 4.78 is 44.3. The Morgan fingerprint density at radius 2 is 1.67 bits per heavy atom. The molecule has 1 fully saturated rings. The van der Waals surface area contributed by atoms with Gasteiger partial charge in [0.25, 0.3) is 0 Å². The molecule has 5 rings (SSSR count). The van der Waals surface area contributed by atoms with Crippen LogP contribution in [0.15, 0.2) is 72.8 Å². The molecule has 0 radical (unpaired) electrons. The van der Waals surface area contributed by atoms with Crippen LogP contribution in [0.2, 0.25) is 0 Å². The van der Waals surface area contributed by atoms with Crippen molar-refractivity contribution in [2.75, 3.05) is 30.5 Å². The number of benzene rings is 3. The third kappa shape index (κ3) is 8.08. The van der Waals surface area contributed by atoms with Crippen LogP contribution in [0.4, 0.5) is 5.69 Å². The first kappa shape index (κ1) is 32.2. The van der Waals surface area contributed by atoms with Gasteiger partial charge in [0.15, 0.2) is 11.5 Å². The van der Waals surface area contributed by atoms with Gasteiger partial charge < -0.3 is 24.4 Å². The number of carbonyl (C=O) groups excluding carboxylic acids is 2. The molecular formula is C34H41N3O7S. The second kappa shape index (κ2) is 14.7. The maximum atomic E-state index is 14.5. The molecule has 0 bridgehead atoms. The van der Waals surface area contributed by atoms with Crippen LogP contribution >= 0.6 is 0 Å². The average Bonchev–Trinajstić information content (AvgIpc) is 3.54. The van der Waals surface area contributed by atoms with Gasteiger partial charge in [-0.3, -0.25) is 13.9 Å². The fourth-order valence-corrected chi connectivity index (χ4v) is 6.88. The van der Waals surface area contributed by atoms with Crippen molar-refractivity contribution in [2.24, 2.45) is 0 Å². The molecular weight excluding hydrogens is 594 g/mol. The van der Waals surface area contributed by atoms with E-state index in [9.17, 15) is 18.0 Å². The molecule has 0 saturated heterocycles. The van der Waals surface area contributed by atoms with E-state index in [2.05, 4.69) is 5.32 Å². The lowest BCUT2D eigenvalue weighted by molar-refractivity contribution is -0.140. The van der Waals surface area contributed by atoms with E-state index in [1.807, 2.05) is 54.6 Å². The summed E-state index contributed by atoms with van der Waals surface area (Å²) in [7, 11) is -2.34. The zero-order valence-electron chi connectivity index (χ0n) is 25.8. The number of carbonyl (C=O) groups is 2. The van der Waals surface area contributed by atoms with Crippen molar-refractivity contribution < 1.29 is 32.2 Å². The third-order valence-corrected chi connectivity index (χ3v) is 10.1. The monoisotopic (exact) mass is 635 g/mol. The summed E-state index contributed by atoms with van der Waals surface area (Å²) in [4.78, 5) is 30.1. The normalized spacial score (nSPS) is 15.2. The highest BCUT2D eigenvalue weighted by Gasteiger charge is 2.35. The van der Waals surface area contributed by atoms with E-state index in [0.29, 0.717) is 17.2 Å². The quantitative estimate of drug-likeness (QED) is 0.290. The number of ether oxygens (including phenoxy) is 3. The van der Waals surface area contributed by atoms with Crippen molar-refractivity contribution >= 4 is 27.5 Å². The maximum absolute atomic E-state index is 14.5. The maximum Gasteiger partial charge on any atom is 0.244 e. The Morgan fingerprint density at radius 3 is 2.40 bits per heavy atom. The first-order chi connectivity index (χ1) is 21.8. The lowest BCUT2D eigenvalue weighted by Crippen LogP contribution is -2.55. The van der Waals surface area contributed by atoms with E-state index < -0.39 is 28.5 Å². The predicted octanol–water partition coefficient (Wildman–Crippen LogP) is 4.67. The minimum atomic E-state index is -3.90. The number of amides is 2. The minimum Gasteiger partial charge on any atom is -0.497 e.